The van der Waals surface area contributed by atoms with E-state index < -0.39 is 11.5 Å². The van der Waals surface area contributed by atoms with Gasteiger partial charge in [0.1, 0.15) is 5.54 Å². The van der Waals surface area contributed by atoms with Gasteiger partial charge >= 0.3 is 12.0 Å². The Bertz CT molecular complexity index is 338. The largest absolute Gasteiger partial charge is 0.480 e. The number of carboxylic acid groups (broad SMARTS) is 1. The summed E-state index contributed by atoms with van der Waals surface area (Å²) in [5.41, 5.74) is -1.09. The number of nitrogens with one attached hydrogen (secondary N) is 1. The highest BCUT2D eigenvalue weighted by Gasteiger charge is 2.41. The predicted octanol–water partition coefficient (Wildman–Crippen LogP) is 1.84. The fraction of sp³-hybridized carbons (Fsp3) is 0.857. The first-order chi connectivity index (χ1) is 9.37. The van der Waals surface area contributed by atoms with E-state index in [9.17, 15) is 14.7 Å². The molecule has 6 nitrogen and oxygen atoms in total. The zero-order valence-electron chi connectivity index (χ0n) is 12.6. The van der Waals surface area contributed by atoms with Crippen molar-refractivity contribution in [2.45, 2.75) is 57.6 Å². The van der Waals surface area contributed by atoms with Crippen LogP contribution in [0.25, 0.3) is 0 Å². The van der Waals surface area contributed by atoms with Crippen LogP contribution < -0.4 is 5.32 Å². The van der Waals surface area contributed by atoms with Gasteiger partial charge in [0.15, 0.2) is 0 Å². The Morgan fingerprint density at radius 1 is 1.30 bits per heavy atom. The Balaban J connectivity index is 2.51. The average Bonchev–Trinajstić information content (AvgIpc) is 2.39. The van der Waals surface area contributed by atoms with Crippen molar-refractivity contribution in [3.8, 4) is 0 Å². The van der Waals surface area contributed by atoms with Crippen molar-refractivity contribution < 1.29 is 19.4 Å². The Hall–Kier alpha value is -1.30. The van der Waals surface area contributed by atoms with Gasteiger partial charge in [-0.3, -0.25) is 0 Å². The standard InChI is InChI=1S/C14H26N2O4/c1-11(2)20-10-9-16(3)13(19)15-14(12(17)18)7-5-4-6-8-14/h11H,4-10H2,1-3H3,(H,15,19)(H,17,18). The van der Waals surface area contributed by atoms with Gasteiger partial charge in [-0.15, -0.1) is 0 Å². The molecule has 1 rings (SSSR count). The van der Waals surface area contributed by atoms with E-state index in [-0.39, 0.29) is 12.1 Å². The molecule has 0 atom stereocenters. The van der Waals surface area contributed by atoms with Crippen molar-refractivity contribution in [2.24, 2.45) is 0 Å². The third-order valence-corrected chi connectivity index (χ3v) is 3.69. The number of likely N-dealkylation sites (N-methyl/N-ethyl adjacent to an activating group) is 1. The molecule has 20 heavy (non-hydrogen) atoms. The fourth-order valence-corrected chi connectivity index (χ4v) is 2.37. The highest BCUT2D eigenvalue weighted by Crippen LogP contribution is 2.28. The topological polar surface area (TPSA) is 78.9 Å². The van der Waals surface area contributed by atoms with Crippen LogP contribution in [0.15, 0.2) is 0 Å². The maximum Gasteiger partial charge on any atom is 0.329 e. The molecule has 0 heterocycles. The number of rotatable bonds is 6. The molecule has 0 saturated heterocycles. The van der Waals surface area contributed by atoms with Crippen molar-refractivity contribution in [3.63, 3.8) is 0 Å². The fourth-order valence-electron chi connectivity index (χ4n) is 2.37. The lowest BCUT2D eigenvalue weighted by atomic mass is 9.82. The number of aliphatic carboxylic acids is 1. The van der Waals surface area contributed by atoms with Crippen LogP contribution in [0.1, 0.15) is 46.0 Å². The van der Waals surface area contributed by atoms with E-state index in [1.807, 2.05) is 13.8 Å². The maximum atomic E-state index is 12.1. The number of nitrogens with zero attached hydrogens (tertiary/aromatic N) is 1. The van der Waals surface area contributed by atoms with Crippen LogP contribution in [-0.2, 0) is 9.53 Å². The average molecular weight is 286 g/mol. The molecular formula is C14H26N2O4. The third-order valence-electron chi connectivity index (χ3n) is 3.69. The summed E-state index contributed by atoms with van der Waals surface area (Å²) in [7, 11) is 1.65. The number of ether oxygens (including phenoxy) is 1. The molecule has 1 aliphatic rings. The zero-order valence-corrected chi connectivity index (χ0v) is 12.6. The second-order valence-corrected chi connectivity index (χ2v) is 5.72. The van der Waals surface area contributed by atoms with E-state index in [1.54, 1.807) is 7.05 Å². The first kappa shape index (κ1) is 16.8. The van der Waals surface area contributed by atoms with Crippen LogP contribution in [0, 0.1) is 0 Å². The summed E-state index contributed by atoms with van der Waals surface area (Å²) in [6.07, 6.45) is 3.84. The summed E-state index contributed by atoms with van der Waals surface area (Å²) in [6.45, 7) is 4.75. The Morgan fingerprint density at radius 2 is 1.90 bits per heavy atom. The normalized spacial score (nSPS) is 17.8. The molecule has 6 heteroatoms. The van der Waals surface area contributed by atoms with E-state index in [2.05, 4.69) is 5.32 Å². The van der Waals surface area contributed by atoms with E-state index in [4.69, 9.17) is 4.74 Å². The molecule has 0 bridgehead atoms. The first-order valence-electron chi connectivity index (χ1n) is 7.26. The van der Waals surface area contributed by atoms with Gasteiger partial charge in [0.2, 0.25) is 0 Å². The van der Waals surface area contributed by atoms with Crippen LogP contribution in [0.3, 0.4) is 0 Å². The number of hydrogen-bond donors (Lipinski definition) is 2. The zero-order chi connectivity index (χ0) is 15.2. The molecule has 2 N–H and O–H groups in total. The second-order valence-electron chi connectivity index (χ2n) is 5.72. The molecule has 1 saturated carbocycles. The third kappa shape index (κ3) is 4.67. The lowest BCUT2D eigenvalue weighted by Gasteiger charge is -2.35. The molecule has 0 unspecified atom stereocenters. The molecule has 0 spiro atoms. The smallest absolute Gasteiger partial charge is 0.329 e. The van der Waals surface area contributed by atoms with Gasteiger partial charge in [-0.05, 0) is 26.7 Å². The highest BCUT2D eigenvalue weighted by atomic mass is 16.5. The Labute approximate surface area is 120 Å². The molecule has 116 valence electrons. The minimum Gasteiger partial charge on any atom is -0.480 e. The molecule has 2 amide bonds. The lowest BCUT2D eigenvalue weighted by Crippen LogP contribution is -2.58. The van der Waals surface area contributed by atoms with Gasteiger partial charge in [-0.25, -0.2) is 9.59 Å². The molecule has 1 aliphatic carbocycles. The van der Waals surface area contributed by atoms with Gasteiger partial charge in [0, 0.05) is 13.6 Å². The van der Waals surface area contributed by atoms with E-state index >= 15 is 0 Å². The summed E-state index contributed by atoms with van der Waals surface area (Å²) in [5.74, 6) is -0.933. The molecule has 0 radical (unpaired) electrons. The number of carboxylic acids is 1. The minimum absolute atomic E-state index is 0.121. The molecule has 0 aliphatic heterocycles. The molecule has 1 fully saturated rings. The van der Waals surface area contributed by atoms with Crippen molar-refractivity contribution in [1.29, 1.82) is 0 Å². The molecule has 0 aromatic rings. The quantitative estimate of drug-likeness (QED) is 0.781. The second kappa shape index (κ2) is 7.47. The first-order valence-corrected chi connectivity index (χ1v) is 7.26. The number of hydrogen-bond acceptors (Lipinski definition) is 3. The van der Waals surface area contributed by atoms with Crippen molar-refractivity contribution in [3.05, 3.63) is 0 Å². The number of amides is 2. The van der Waals surface area contributed by atoms with Crippen molar-refractivity contribution >= 4 is 12.0 Å². The van der Waals surface area contributed by atoms with Crippen molar-refractivity contribution in [2.75, 3.05) is 20.2 Å². The minimum atomic E-state index is -1.09. The van der Waals surface area contributed by atoms with Gasteiger partial charge in [0.25, 0.3) is 0 Å². The van der Waals surface area contributed by atoms with Crippen LogP contribution in [0.2, 0.25) is 0 Å². The van der Waals surface area contributed by atoms with Crippen LogP contribution >= 0.6 is 0 Å². The maximum absolute atomic E-state index is 12.1. The number of carbonyl (C=O) groups excluding carboxylic acids is 1. The number of urea groups is 1. The Kier molecular flexibility index (Phi) is 6.26. The van der Waals surface area contributed by atoms with E-state index in [0.29, 0.717) is 26.0 Å². The van der Waals surface area contributed by atoms with Crippen LogP contribution in [0.5, 0.6) is 0 Å². The SMILES string of the molecule is CC(C)OCCN(C)C(=O)NC1(C(=O)O)CCCCC1. The predicted molar refractivity (Wildman–Crippen MR) is 75.7 cm³/mol. The van der Waals surface area contributed by atoms with E-state index in [1.165, 1.54) is 4.90 Å². The van der Waals surface area contributed by atoms with Gasteiger partial charge in [-0.2, -0.15) is 0 Å². The van der Waals surface area contributed by atoms with Gasteiger partial charge in [-0.1, -0.05) is 19.3 Å². The lowest BCUT2D eigenvalue weighted by molar-refractivity contribution is -0.145. The van der Waals surface area contributed by atoms with Gasteiger partial charge in [0.05, 0.1) is 12.7 Å². The summed E-state index contributed by atoms with van der Waals surface area (Å²) in [4.78, 5) is 25.0. The molecule has 0 aromatic carbocycles. The highest BCUT2D eigenvalue weighted by molar-refractivity contribution is 5.86. The summed E-state index contributed by atoms with van der Waals surface area (Å²) in [5, 5.41) is 12.1. The monoisotopic (exact) mass is 286 g/mol. The van der Waals surface area contributed by atoms with Crippen LogP contribution in [0.4, 0.5) is 4.79 Å². The van der Waals surface area contributed by atoms with E-state index in [0.717, 1.165) is 19.3 Å². The molecule has 0 aromatic heterocycles. The summed E-state index contributed by atoms with van der Waals surface area (Å²) >= 11 is 0. The summed E-state index contributed by atoms with van der Waals surface area (Å²) in [6, 6.07) is -0.346. The van der Waals surface area contributed by atoms with Gasteiger partial charge < -0.3 is 20.1 Å². The number of carbonyl (C=O) groups is 2. The van der Waals surface area contributed by atoms with Crippen LogP contribution in [-0.4, -0.2) is 53.8 Å². The van der Waals surface area contributed by atoms with Crippen molar-refractivity contribution in [1.82, 2.24) is 10.2 Å². The Morgan fingerprint density at radius 3 is 2.40 bits per heavy atom. The summed E-state index contributed by atoms with van der Waals surface area (Å²) < 4.78 is 5.39. The molecular weight excluding hydrogens is 260 g/mol.